The van der Waals surface area contributed by atoms with Gasteiger partial charge in [0.25, 0.3) is 0 Å². The summed E-state index contributed by atoms with van der Waals surface area (Å²) in [6.45, 7) is 5.57. The van der Waals surface area contributed by atoms with Crippen LogP contribution in [0.15, 0.2) is 30.3 Å². The molecule has 1 aromatic carbocycles. The van der Waals surface area contributed by atoms with E-state index in [1.54, 1.807) is 0 Å². The Morgan fingerprint density at radius 2 is 1.84 bits per heavy atom. The highest BCUT2D eigenvalue weighted by Gasteiger charge is 2.24. The maximum Gasteiger partial charge on any atom is 0.220 e. The summed E-state index contributed by atoms with van der Waals surface area (Å²) in [4.78, 5) is 11.9. The fraction of sp³-hybridized carbons (Fsp3) is 0.562. The average Bonchev–Trinajstić information content (AvgIpc) is 2.48. The Balaban J connectivity index is 2.35. The number of hydrogen-bond acceptors (Lipinski definition) is 2. The van der Waals surface area contributed by atoms with Crippen LogP contribution in [0.4, 0.5) is 0 Å². The van der Waals surface area contributed by atoms with Crippen molar-refractivity contribution < 1.29 is 4.79 Å². The molecular weight excluding hydrogens is 236 g/mol. The van der Waals surface area contributed by atoms with E-state index in [1.165, 1.54) is 5.56 Å². The van der Waals surface area contributed by atoms with Crippen LogP contribution in [-0.4, -0.2) is 19.0 Å². The topological polar surface area (TPSA) is 55.1 Å². The van der Waals surface area contributed by atoms with Crippen LogP contribution in [0.3, 0.4) is 0 Å². The summed E-state index contributed by atoms with van der Waals surface area (Å²) in [6, 6.07) is 10.1. The zero-order valence-electron chi connectivity index (χ0n) is 12.1. The van der Waals surface area contributed by atoms with Gasteiger partial charge in [0, 0.05) is 13.0 Å². The van der Waals surface area contributed by atoms with Crippen LogP contribution in [0.1, 0.15) is 38.7 Å². The third-order valence-corrected chi connectivity index (χ3v) is 4.08. The SMILES string of the molecule is CCC(CC)(CN)CNC(=O)CCc1ccccc1. The Morgan fingerprint density at radius 1 is 1.21 bits per heavy atom. The molecule has 1 rings (SSSR count). The minimum atomic E-state index is 0.0579. The number of amides is 1. The molecule has 19 heavy (non-hydrogen) atoms. The minimum Gasteiger partial charge on any atom is -0.355 e. The molecule has 106 valence electrons. The van der Waals surface area contributed by atoms with Crippen LogP contribution < -0.4 is 11.1 Å². The fourth-order valence-corrected chi connectivity index (χ4v) is 2.14. The molecule has 0 unspecified atom stereocenters. The van der Waals surface area contributed by atoms with E-state index in [-0.39, 0.29) is 11.3 Å². The second kappa shape index (κ2) is 7.95. The van der Waals surface area contributed by atoms with Crippen LogP contribution in [0.5, 0.6) is 0 Å². The summed E-state index contributed by atoms with van der Waals surface area (Å²) in [5.74, 6) is 0.114. The first-order valence-electron chi connectivity index (χ1n) is 7.16. The maximum atomic E-state index is 11.9. The van der Waals surface area contributed by atoms with Crippen LogP contribution in [0.25, 0.3) is 0 Å². The third kappa shape index (κ3) is 5.03. The van der Waals surface area contributed by atoms with E-state index in [9.17, 15) is 4.79 Å². The zero-order valence-corrected chi connectivity index (χ0v) is 12.1. The molecule has 0 heterocycles. The molecular formula is C16H26N2O. The largest absolute Gasteiger partial charge is 0.355 e. The number of nitrogens with two attached hydrogens (primary N) is 1. The Kier molecular flexibility index (Phi) is 6.57. The lowest BCUT2D eigenvalue weighted by atomic mass is 9.82. The molecule has 0 aliphatic carbocycles. The van der Waals surface area contributed by atoms with Crippen molar-refractivity contribution in [2.45, 2.75) is 39.5 Å². The lowest BCUT2D eigenvalue weighted by Gasteiger charge is -2.30. The highest BCUT2D eigenvalue weighted by molar-refractivity contribution is 5.76. The Labute approximate surface area is 116 Å². The molecule has 0 atom stereocenters. The first kappa shape index (κ1) is 15.7. The van der Waals surface area contributed by atoms with Crippen LogP contribution in [-0.2, 0) is 11.2 Å². The van der Waals surface area contributed by atoms with Crippen molar-refractivity contribution in [1.29, 1.82) is 0 Å². The summed E-state index contributed by atoms with van der Waals surface area (Å²) in [7, 11) is 0. The fourth-order valence-electron chi connectivity index (χ4n) is 2.14. The molecule has 0 aliphatic rings. The molecule has 0 bridgehead atoms. The lowest BCUT2D eigenvalue weighted by Crippen LogP contribution is -2.41. The number of benzene rings is 1. The van der Waals surface area contributed by atoms with E-state index in [2.05, 4.69) is 31.3 Å². The smallest absolute Gasteiger partial charge is 0.220 e. The second-order valence-electron chi connectivity index (χ2n) is 5.17. The summed E-state index contributed by atoms with van der Waals surface area (Å²) in [6.07, 6.45) is 3.33. The molecule has 0 radical (unpaired) electrons. The van der Waals surface area contributed by atoms with Crippen molar-refractivity contribution in [1.82, 2.24) is 5.32 Å². The van der Waals surface area contributed by atoms with Gasteiger partial charge in [-0.15, -0.1) is 0 Å². The molecule has 1 aromatic rings. The Hall–Kier alpha value is -1.35. The first-order valence-corrected chi connectivity index (χ1v) is 7.16. The van der Waals surface area contributed by atoms with Gasteiger partial charge in [-0.2, -0.15) is 0 Å². The summed E-state index contributed by atoms with van der Waals surface area (Å²) < 4.78 is 0. The van der Waals surface area contributed by atoms with Crippen molar-refractivity contribution >= 4 is 5.91 Å². The molecule has 0 saturated carbocycles. The maximum absolute atomic E-state index is 11.9. The van der Waals surface area contributed by atoms with Crippen LogP contribution >= 0.6 is 0 Å². The Bertz CT molecular complexity index is 363. The predicted molar refractivity (Wildman–Crippen MR) is 79.8 cm³/mol. The number of rotatable bonds is 8. The van der Waals surface area contributed by atoms with E-state index in [4.69, 9.17) is 5.73 Å². The van der Waals surface area contributed by atoms with Gasteiger partial charge in [-0.1, -0.05) is 44.2 Å². The predicted octanol–water partition coefficient (Wildman–Crippen LogP) is 2.50. The molecule has 0 aromatic heterocycles. The number of hydrogen-bond donors (Lipinski definition) is 2. The molecule has 0 fully saturated rings. The van der Waals surface area contributed by atoms with Gasteiger partial charge in [-0.3, -0.25) is 4.79 Å². The van der Waals surface area contributed by atoms with Gasteiger partial charge in [-0.25, -0.2) is 0 Å². The monoisotopic (exact) mass is 262 g/mol. The first-order chi connectivity index (χ1) is 9.15. The minimum absolute atomic E-state index is 0.0579. The van der Waals surface area contributed by atoms with E-state index in [0.29, 0.717) is 19.5 Å². The van der Waals surface area contributed by atoms with Crippen molar-refractivity contribution in [3.8, 4) is 0 Å². The Morgan fingerprint density at radius 3 is 2.37 bits per heavy atom. The van der Waals surface area contributed by atoms with Gasteiger partial charge in [0.05, 0.1) is 0 Å². The third-order valence-electron chi connectivity index (χ3n) is 4.08. The number of carbonyl (C=O) groups excluding carboxylic acids is 1. The van der Waals surface area contributed by atoms with Crippen LogP contribution in [0, 0.1) is 5.41 Å². The van der Waals surface area contributed by atoms with Crippen molar-refractivity contribution in [3.63, 3.8) is 0 Å². The summed E-state index contributed by atoms with van der Waals surface area (Å²) in [5.41, 5.74) is 7.09. The highest BCUT2D eigenvalue weighted by Crippen LogP contribution is 2.23. The number of nitrogens with one attached hydrogen (secondary N) is 1. The van der Waals surface area contributed by atoms with E-state index in [1.807, 2.05) is 18.2 Å². The molecule has 3 N–H and O–H groups in total. The normalized spacial score (nSPS) is 11.3. The van der Waals surface area contributed by atoms with Crippen LogP contribution in [0.2, 0.25) is 0 Å². The number of carbonyl (C=O) groups is 1. The zero-order chi connectivity index (χ0) is 14.1. The average molecular weight is 262 g/mol. The van der Waals surface area contributed by atoms with E-state index < -0.39 is 0 Å². The summed E-state index contributed by atoms with van der Waals surface area (Å²) in [5, 5.41) is 3.03. The molecule has 3 heteroatoms. The van der Waals surface area contributed by atoms with E-state index in [0.717, 1.165) is 19.3 Å². The molecule has 1 amide bonds. The molecule has 0 aliphatic heterocycles. The van der Waals surface area contributed by atoms with E-state index >= 15 is 0 Å². The molecule has 0 spiro atoms. The van der Waals surface area contributed by atoms with Crippen molar-refractivity contribution in [3.05, 3.63) is 35.9 Å². The van der Waals surface area contributed by atoms with Gasteiger partial charge in [0.2, 0.25) is 5.91 Å². The summed E-state index contributed by atoms with van der Waals surface area (Å²) >= 11 is 0. The quantitative estimate of drug-likeness (QED) is 0.756. The number of aryl methyl sites for hydroxylation is 1. The lowest BCUT2D eigenvalue weighted by molar-refractivity contribution is -0.121. The van der Waals surface area contributed by atoms with Crippen molar-refractivity contribution in [2.75, 3.05) is 13.1 Å². The van der Waals surface area contributed by atoms with Gasteiger partial charge in [0.1, 0.15) is 0 Å². The standard InChI is InChI=1S/C16H26N2O/c1-3-16(4-2,12-17)13-18-15(19)11-10-14-8-6-5-7-9-14/h5-9H,3-4,10-13,17H2,1-2H3,(H,18,19). The van der Waals surface area contributed by atoms with Gasteiger partial charge in [0.15, 0.2) is 0 Å². The van der Waals surface area contributed by atoms with Gasteiger partial charge >= 0.3 is 0 Å². The van der Waals surface area contributed by atoms with Gasteiger partial charge < -0.3 is 11.1 Å². The molecule has 0 saturated heterocycles. The molecule has 3 nitrogen and oxygen atoms in total. The highest BCUT2D eigenvalue weighted by atomic mass is 16.1. The van der Waals surface area contributed by atoms with Crippen molar-refractivity contribution in [2.24, 2.45) is 11.1 Å². The second-order valence-corrected chi connectivity index (χ2v) is 5.17. The van der Waals surface area contributed by atoms with Gasteiger partial charge in [-0.05, 0) is 36.8 Å².